The Morgan fingerprint density at radius 3 is 2.37 bits per heavy atom. The Balaban J connectivity index is 2.40. The van der Waals surface area contributed by atoms with Gasteiger partial charge in [-0.3, -0.25) is 4.79 Å². The van der Waals surface area contributed by atoms with Crippen molar-refractivity contribution >= 4 is 17.7 Å². The number of nitrogens with one attached hydrogen (secondary N) is 1. The maximum Gasteiger partial charge on any atom is 0.220 e. The fourth-order valence-electron chi connectivity index (χ4n) is 2.11. The van der Waals surface area contributed by atoms with Crippen LogP contribution < -0.4 is 5.32 Å². The highest BCUT2D eigenvalue weighted by Crippen LogP contribution is 2.19. The van der Waals surface area contributed by atoms with E-state index in [1.54, 1.807) is 11.8 Å². The summed E-state index contributed by atoms with van der Waals surface area (Å²) in [4.78, 5) is 13.1. The zero-order valence-electron chi connectivity index (χ0n) is 12.4. The van der Waals surface area contributed by atoms with Crippen LogP contribution in [0.4, 0.5) is 0 Å². The molecule has 1 unspecified atom stereocenters. The van der Waals surface area contributed by atoms with Crippen LogP contribution in [0, 0.1) is 11.8 Å². The lowest BCUT2D eigenvalue weighted by molar-refractivity contribution is -0.122. The highest BCUT2D eigenvalue weighted by atomic mass is 32.2. The van der Waals surface area contributed by atoms with E-state index < -0.39 is 0 Å². The highest BCUT2D eigenvalue weighted by molar-refractivity contribution is 7.98. The molecule has 1 rings (SSSR count). The van der Waals surface area contributed by atoms with Crippen LogP contribution in [0.1, 0.15) is 39.2 Å². The fourth-order valence-corrected chi connectivity index (χ4v) is 2.51. The third-order valence-electron chi connectivity index (χ3n) is 3.56. The minimum Gasteiger partial charge on any atom is -0.352 e. The summed E-state index contributed by atoms with van der Waals surface area (Å²) < 4.78 is 0. The van der Waals surface area contributed by atoms with Gasteiger partial charge in [0.1, 0.15) is 0 Å². The number of carbonyl (C=O) groups excluding carboxylic acids is 1. The van der Waals surface area contributed by atoms with E-state index in [0.717, 1.165) is 12.0 Å². The molecule has 1 amide bonds. The summed E-state index contributed by atoms with van der Waals surface area (Å²) in [5.74, 6) is 1.21. The molecule has 0 bridgehead atoms. The smallest absolute Gasteiger partial charge is 0.220 e. The summed E-state index contributed by atoms with van der Waals surface area (Å²) >= 11 is 1.73. The number of hydrogen-bond acceptors (Lipinski definition) is 2. The number of amides is 1. The van der Waals surface area contributed by atoms with Gasteiger partial charge in [-0.1, -0.05) is 39.3 Å². The Hall–Kier alpha value is -0.960. The van der Waals surface area contributed by atoms with Gasteiger partial charge in [-0.15, -0.1) is 11.8 Å². The van der Waals surface area contributed by atoms with Crippen molar-refractivity contribution in [3.63, 3.8) is 0 Å². The Morgan fingerprint density at radius 2 is 1.89 bits per heavy atom. The molecule has 0 saturated heterocycles. The summed E-state index contributed by atoms with van der Waals surface area (Å²) in [6, 6.07) is 8.34. The molecule has 1 atom stereocenters. The van der Waals surface area contributed by atoms with Crippen molar-refractivity contribution in [3.05, 3.63) is 29.8 Å². The molecule has 1 aromatic carbocycles. The van der Waals surface area contributed by atoms with Gasteiger partial charge < -0.3 is 5.32 Å². The van der Waals surface area contributed by atoms with Crippen molar-refractivity contribution in [2.75, 3.05) is 6.26 Å². The van der Waals surface area contributed by atoms with Crippen LogP contribution in [-0.2, 0) is 11.3 Å². The van der Waals surface area contributed by atoms with Gasteiger partial charge in [0.15, 0.2) is 0 Å². The van der Waals surface area contributed by atoms with Gasteiger partial charge >= 0.3 is 0 Å². The minimum absolute atomic E-state index is 0.162. The third-order valence-corrected chi connectivity index (χ3v) is 4.31. The number of thioether (sulfide) groups is 1. The van der Waals surface area contributed by atoms with Gasteiger partial charge in [0.2, 0.25) is 5.91 Å². The molecule has 106 valence electrons. The second-order valence-corrected chi connectivity index (χ2v) is 6.12. The Morgan fingerprint density at radius 1 is 1.26 bits per heavy atom. The van der Waals surface area contributed by atoms with Crippen molar-refractivity contribution in [1.82, 2.24) is 5.32 Å². The normalized spacial score (nSPS) is 12.5. The van der Waals surface area contributed by atoms with E-state index in [-0.39, 0.29) is 5.91 Å². The molecule has 19 heavy (non-hydrogen) atoms. The number of benzene rings is 1. The first-order valence-corrected chi connectivity index (χ1v) is 8.18. The predicted molar refractivity (Wildman–Crippen MR) is 83.3 cm³/mol. The van der Waals surface area contributed by atoms with Crippen LogP contribution >= 0.6 is 11.8 Å². The quantitative estimate of drug-likeness (QED) is 0.761. The van der Waals surface area contributed by atoms with Gasteiger partial charge in [-0.05, 0) is 35.8 Å². The molecule has 2 nitrogen and oxygen atoms in total. The van der Waals surface area contributed by atoms with Crippen molar-refractivity contribution < 1.29 is 4.79 Å². The molecule has 0 heterocycles. The molecule has 0 spiro atoms. The first kappa shape index (κ1) is 16.1. The minimum atomic E-state index is 0.162. The van der Waals surface area contributed by atoms with Crippen LogP contribution in [0.3, 0.4) is 0 Å². The van der Waals surface area contributed by atoms with E-state index in [4.69, 9.17) is 0 Å². The molecule has 0 aliphatic rings. The summed E-state index contributed by atoms with van der Waals surface area (Å²) in [6.07, 6.45) is 3.76. The van der Waals surface area contributed by atoms with Crippen LogP contribution in [-0.4, -0.2) is 12.2 Å². The van der Waals surface area contributed by atoms with Crippen LogP contribution in [0.5, 0.6) is 0 Å². The Labute approximate surface area is 121 Å². The lowest BCUT2D eigenvalue weighted by Crippen LogP contribution is -2.26. The second-order valence-electron chi connectivity index (χ2n) is 5.24. The Bertz CT molecular complexity index is 386. The Kier molecular flexibility index (Phi) is 7.00. The zero-order chi connectivity index (χ0) is 14.3. The van der Waals surface area contributed by atoms with Gasteiger partial charge in [-0.25, -0.2) is 0 Å². The van der Waals surface area contributed by atoms with Crippen molar-refractivity contribution in [2.24, 2.45) is 11.8 Å². The summed E-state index contributed by atoms with van der Waals surface area (Å²) in [6.45, 7) is 7.15. The van der Waals surface area contributed by atoms with Gasteiger partial charge in [0, 0.05) is 17.9 Å². The summed E-state index contributed by atoms with van der Waals surface area (Å²) in [7, 11) is 0. The van der Waals surface area contributed by atoms with Gasteiger partial charge in [0.05, 0.1) is 0 Å². The number of hydrogen-bond donors (Lipinski definition) is 1. The first-order valence-electron chi connectivity index (χ1n) is 6.96. The lowest BCUT2D eigenvalue weighted by Gasteiger charge is -2.18. The molecule has 0 aliphatic heterocycles. The van der Waals surface area contributed by atoms with E-state index in [1.807, 2.05) is 0 Å². The predicted octanol–water partition coefficient (Wildman–Crippen LogP) is 4.10. The topological polar surface area (TPSA) is 29.1 Å². The summed E-state index contributed by atoms with van der Waals surface area (Å²) in [5, 5.41) is 3.01. The number of carbonyl (C=O) groups is 1. The molecule has 1 N–H and O–H groups in total. The van der Waals surface area contributed by atoms with Gasteiger partial charge in [0.25, 0.3) is 0 Å². The standard InChI is InChI=1S/C16H25NOS/c1-5-14(12(2)3)10-16(18)17-11-13-6-8-15(19-4)9-7-13/h6-9,12,14H,5,10-11H2,1-4H3,(H,17,18). The monoisotopic (exact) mass is 279 g/mol. The zero-order valence-corrected chi connectivity index (χ0v) is 13.2. The van der Waals surface area contributed by atoms with E-state index in [2.05, 4.69) is 56.6 Å². The van der Waals surface area contributed by atoms with Crippen molar-refractivity contribution in [1.29, 1.82) is 0 Å². The maximum absolute atomic E-state index is 11.9. The molecule has 0 fully saturated rings. The molecule has 0 aliphatic carbocycles. The average Bonchev–Trinajstić information content (AvgIpc) is 2.42. The largest absolute Gasteiger partial charge is 0.352 e. The van der Waals surface area contributed by atoms with Crippen LogP contribution in [0.25, 0.3) is 0 Å². The van der Waals surface area contributed by atoms with Crippen molar-refractivity contribution in [3.8, 4) is 0 Å². The molecule has 0 radical (unpaired) electrons. The molecule has 1 aromatic rings. The van der Waals surface area contributed by atoms with Crippen molar-refractivity contribution in [2.45, 2.75) is 45.1 Å². The molecular formula is C16H25NOS. The summed E-state index contributed by atoms with van der Waals surface area (Å²) in [5.41, 5.74) is 1.16. The lowest BCUT2D eigenvalue weighted by atomic mass is 9.90. The second kappa shape index (κ2) is 8.26. The van der Waals surface area contributed by atoms with E-state index >= 15 is 0 Å². The SMILES string of the molecule is CCC(CC(=O)NCc1ccc(SC)cc1)C(C)C. The van der Waals surface area contributed by atoms with Crippen LogP contribution in [0.2, 0.25) is 0 Å². The fraction of sp³-hybridized carbons (Fsp3) is 0.562. The average molecular weight is 279 g/mol. The first-order chi connectivity index (χ1) is 9.06. The van der Waals surface area contributed by atoms with E-state index in [0.29, 0.717) is 24.8 Å². The third kappa shape index (κ3) is 5.68. The molecule has 3 heteroatoms. The molecule has 0 saturated carbocycles. The molecular weight excluding hydrogens is 254 g/mol. The van der Waals surface area contributed by atoms with E-state index in [1.165, 1.54) is 4.90 Å². The number of rotatable bonds is 7. The van der Waals surface area contributed by atoms with E-state index in [9.17, 15) is 4.79 Å². The maximum atomic E-state index is 11.9. The van der Waals surface area contributed by atoms with Gasteiger partial charge in [-0.2, -0.15) is 0 Å². The van der Waals surface area contributed by atoms with Crippen LogP contribution in [0.15, 0.2) is 29.2 Å². The molecule has 0 aromatic heterocycles. The highest BCUT2D eigenvalue weighted by Gasteiger charge is 2.15.